The summed E-state index contributed by atoms with van der Waals surface area (Å²) in [6.07, 6.45) is -2.58. The number of halogens is 3. The van der Waals surface area contributed by atoms with E-state index in [1.54, 1.807) is 12.1 Å². The standard InChI is InChI=1S/C14H17F3N2/c1-3-5-8-19(4-2)12-7-6-11(10-18)13(9-12)14(15,16)17/h6-7,9H,3-5,8H2,1-2H3. The Morgan fingerprint density at radius 2 is 1.95 bits per heavy atom. The van der Waals surface area contributed by atoms with Crippen LogP contribution in [0.4, 0.5) is 18.9 Å². The average Bonchev–Trinajstić information content (AvgIpc) is 2.38. The molecule has 0 radical (unpaired) electrons. The van der Waals surface area contributed by atoms with Crippen molar-refractivity contribution in [3.63, 3.8) is 0 Å². The number of alkyl halides is 3. The predicted octanol–water partition coefficient (Wildman–Crippen LogP) is 4.20. The van der Waals surface area contributed by atoms with E-state index in [1.165, 1.54) is 6.07 Å². The summed E-state index contributed by atoms with van der Waals surface area (Å²) >= 11 is 0. The van der Waals surface area contributed by atoms with Gasteiger partial charge in [-0.25, -0.2) is 0 Å². The molecule has 0 N–H and O–H groups in total. The van der Waals surface area contributed by atoms with Gasteiger partial charge in [-0.1, -0.05) is 13.3 Å². The van der Waals surface area contributed by atoms with E-state index in [9.17, 15) is 13.2 Å². The average molecular weight is 270 g/mol. The van der Waals surface area contributed by atoms with E-state index in [2.05, 4.69) is 0 Å². The second kappa shape index (κ2) is 6.46. The van der Waals surface area contributed by atoms with Gasteiger partial charge < -0.3 is 4.90 Å². The molecule has 0 unspecified atom stereocenters. The summed E-state index contributed by atoms with van der Waals surface area (Å²) in [5.41, 5.74) is -0.674. The molecule has 0 aliphatic carbocycles. The Hall–Kier alpha value is -1.70. The minimum absolute atomic E-state index is 0.331. The minimum Gasteiger partial charge on any atom is -0.372 e. The van der Waals surface area contributed by atoms with Gasteiger partial charge >= 0.3 is 6.18 Å². The van der Waals surface area contributed by atoms with Crippen LogP contribution in [0.5, 0.6) is 0 Å². The molecule has 19 heavy (non-hydrogen) atoms. The van der Waals surface area contributed by atoms with Crippen LogP contribution < -0.4 is 4.90 Å². The summed E-state index contributed by atoms with van der Waals surface area (Å²) in [4.78, 5) is 1.89. The zero-order valence-electron chi connectivity index (χ0n) is 11.1. The molecule has 0 bridgehead atoms. The highest BCUT2D eigenvalue weighted by Gasteiger charge is 2.34. The van der Waals surface area contributed by atoms with E-state index < -0.39 is 11.7 Å². The van der Waals surface area contributed by atoms with Gasteiger partial charge in [-0.15, -0.1) is 0 Å². The first-order chi connectivity index (χ1) is 8.93. The van der Waals surface area contributed by atoms with Crippen LogP contribution in [0.2, 0.25) is 0 Å². The maximum atomic E-state index is 12.9. The van der Waals surface area contributed by atoms with Gasteiger partial charge in [-0.3, -0.25) is 0 Å². The first kappa shape index (κ1) is 15.4. The summed E-state index contributed by atoms with van der Waals surface area (Å²) < 4.78 is 38.6. The van der Waals surface area contributed by atoms with Crippen molar-refractivity contribution in [2.45, 2.75) is 32.9 Å². The molecule has 0 spiro atoms. The van der Waals surface area contributed by atoms with Crippen LogP contribution in [-0.4, -0.2) is 13.1 Å². The first-order valence-corrected chi connectivity index (χ1v) is 6.30. The van der Waals surface area contributed by atoms with E-state index in [1.807, 2.05) is 18.7 Å². The van der Waals surface area contributed by atoms with Gasteiger partial charge in [-0.2, -0.15) is 18.4 Å². The molecule has 104 valence electrons. The Kier molecular flexibility index (Phi) is 5.22. The number of unbranched alkanes of at least 4 members (excludes halogenated alkanes) is 1. The number of hydrogen-bond donors (Lipinski definition) is 0. The molecule has 0 aliphatic rings. The minimum atomic E-state index is -4.49. The van der Waals surface area contributed by atoms with E-state index in [-0.39, 0.29) is 5.56 Å². The van der Waals surface area contributed by atoms with Crippen molar-refractivity contribution in [2.75, 3.05) is 18.0 Å². The smallest absolute Gasteiger partial charge is 0.372 e. The first-order valence-electron chi connectivity index (χ1n) is 6.30. The molecular formula is C14H17F3N2. The summed E-state index contributed by atoms with van der Waals surface area (Å²) in [6.45, 7) is 5.30. The molecule has 1 aromatic carbocycles. The Bertz CT molecular complexity index is 461. The Labute approximate surface area is 111 Å². The molecule has 0 atom stereocenters. The van der Waals surface area contributed by atoms with Crippen LogP contribution in [0, 0.1) is 11.3 Å². The lowest BCUT2D eigenvalue weighted by Gasteiger charge is -2.24. The molecule has 0 amide bonds. The molecule has 0 aliphatic heterocycles. The lowest BCUT2D eigenvalue weighted by molar-refractivity contribution is -0.137. The fourth-order valence-corrected chi connectivity index (χ4v) is 1.88. The number of nitriles is 1. The van der Waals surface area contributed by atoms with Crippen LogP contribution in [0.15, 0.2) is 18.2 Å². The third-order valence-corrected chi connectivity index (χ3v) is 2.96. The molecule has 0 fully saturated rings. The fourth-order valence-electron chi connectivity index (χ4n) is 1.88. The van der Waals surface area contributed by atoms with Crippen LogP contribution in [0.25, 0.3) is 0 Å². The maximum Gasteiger partial charge on any atom is 0.417 e. The largest absolute Gasteiger partial charge is 0.417 e. The Morgan fingerprint density at radius 1 is 1.26 bits per heavy atom. The van der Waals surface area contributed by atoms with Gasteiger partial charge in [0.1, 0.15) is 0 Å². The zero-order valence-corrected chi connectivity index (χ0v) is 11.1. The fraction of sp³-hybridized carbons (Fsp3) is 0.500. The van der Waals surface area contributed by atoms with Crippen molar-refractivity contribution in [3.8, 4) is 6.07 Å². The number of nitrogens with zero attached hydrogens (tertiary/aromatic N) is 2. The van der Waals surface area contributed by atoms with E-state index in [0.29, 0.717) is 12.2 Å². The Balaban J connectivity index is 3.14. The lowest BCUT2D eigenvalue weighted by atomic mass is 10.1. The quantitative estimate of drug-likeness (QED) is 0.801. The van der Waals surface area contributed by atoms with Crippen LogP contribution >= 0.6 is 0 Å². The predicted molar refractivity (Wildman–Crippen MR) is 69.0 cm³/mol. The molecule has 0 saturated carbocycles. The molecule has 5 heteroatoms. The second-order valence-corrected chi connectivity index (χ2v) is 4.27. The molecule has 1 aromatic rings. The zero-order chi connectivity index (χ0) is 14.5. The normalized spacial score (nSPS) is 11.2. The molecule has 1 rings (SSSR count). The number of hydrogen-bond acceptors (Lipinski definition) is 2. The van der Waals surface area contributed by atoms with Gasteiger partial charge in [0.2, 0.25) is 0 Å². The van der Waals surface area contributed by atoms with Crippen molar-refractivity contribution in [1.82, 2.24) is 0 Å². The van der Waals surface area contributed by atoms with E-state index >= 15 is 0 Å². The molecule has 2 nitrogen and oxygen atoms in total. The third-order valence-electron chi connectivity index (χ3n) is 2.96. The number of rotatable bonds is 5. The summed E-state index contributed by atoms with van der Waals surface area (Å²) in [5.74, 6) is 0. The van der Waals surface area contributed by atoms with Crippen LogP contribution in [0.3, 0.4) is 0 Å². The lowest BCUT2D eigenvalue weighted by Crippen LogP contribution is -2.24. The van der Waals surface area contributed by atoms with Crippen LogP contribution in [0.1, 0.15) is 37.8 Å². The van der Waals surface area contributed by atoms with Crippen LogP contribution in [-0.2, 0) is 6.18 Å². The summed E-state index contributed by atoms with van der Waals surface area (Å²) in [7, 11) is 0. The topological polar surface area (TPSA) is 27.0 Å². The highest BCUT2D eigenvalue weighted by Crippen LogP contribution is 2.34. The summed E-state index contributed by atoms with van der Waals surface area (Å²) in [5, 5.41) is 8.75. The Morgan fingerprint density at radius 3 is 2.42 bits per heavy atom. The van der Waals surface area contributed by atoms with Crippen molar-refractivity contribution in [2.24, 2.45) is 0 Å². The SMILES string of the molecule is CCCCN(CC)c1ccc(C#N)c(C(F)(F)F)c1. The van der Waals surface area contributed by atoms with Gasteiger partial charge in [0, 0.05) is 18.8 Å². The van der Waals surface area contributed by atoms with E-state index in [0.717, 1.165) is 25.5 Å². The monoisotopic (exact) mass is 270 g/mol. The van der Waals surface area contributed by atoms with Crippen molar-refractivity contribution in [3.05, 3.63) is 29.3 Å². The molecule has 0 aromatic heterocycles. The maximum absolute atomic E-state index is 12.9. The van der Waals surface area contributed by atoms with Crippen molar-refractivity contribution < 1.29 is 13.2 Å². The number of benzene rings is 1. The van der Waals surface area contributed by atoms with Crippen molar-refractivity contribution >= 4 is 5.69 Å². The van der Waals surface area contributed by atoms with Gasteiger partial charge in [0.05, 0.1) is 17.2 Å². The molecular weight excluding hydrogens is 253 g/mol. The third kappa shape index (κ3) is 3.88. The van der Waals surface area contributed by atoms with Gasteiger partial charge in [-0.05, 0) is 31.5 Å². The molecule has 0 heterocycles. The van der Waals surface area contributed by atoms with Crippen molar-refractivity contribution in [1.29, 1.82) is 5.26 Å². The summed E-state index contributed by atoms with van der Waals surface area (Å²) in [6, 6.07) is 5.48. The highest BCUT2D eigenvalue weighted by molar-refractivity contribution is 5.54. The number of anilines is 1. The van der Waals surface area contributed by atoms with E-state index in [4.69, 9.17) is 5.26 Å². The van der Waals surface area contributed by atoms with Gasteiger partial charge in [0.15, 0.2) is 0 Å². The second-order valence-electron chi connectivity index (χ2n) is 4.27. The highest BCUT2D eigenvalue weighted by atomic mass is 19.4. The molecule has 0 saturated heterocycles. The van der Waals surface area contributed by atoms with Gasteiger partial charge in [0.25, 0.3) is 0 Å².